The molecule has 5 rings (SSSR count). The highest BCUT2D eigenvalue weighted by atomic mass is 16.6. The molecule has 156 valence electrons. The lowest BCUT2D eigenvalue weighted by atomic mass is 9.83. The molecule has 1 amide bonds. The second kappa shape index (κ2) is 7.55. The SMILES string of the molecule is O=C(NCC1CC1)[C@@H]1Cc2cc([N+](=O)[O-])ccc2N2CCN(c3cnccn3)C[C@@H]12. The van der Waals surface area contributed by atoms with E-state index < -0.39 is 0 Å². The number of non-ortho nitro benzene ring substituents is 1. The number of fused-ring (bicyclic) bond motifs is 3. The molecule has 3 heterocycles. The third-order valence-corrected chi connectivity index (χ3v) is 6.38. The molecule has 2 aromatic rings. The molecule has 2 fully saturated rings. The van der Waals surface area contributed by atoms with Crippen LogP contribution in [0.25, 0.3) is 0 Å². The first kappa shape index (κ1) is 18.8. The average molecular weight is 408 g/mol. The van der Waals surface area contributed by atoms with Gasteiger partial charge in [-0.2, -0.15) is 0 Å². The predicted octanol–water partition coefficient (Wildman–Crippen LogP) is 1.78. The number of aromatic nitrogens is 2. The van der Waals surface area contributed by atoms with E-state index in [9.17, 15) is 14.9 Å². The molecule has 30 heavy (non-hydrogen) atoms. The van der Waals surface area contributed by atoms with Crippen molar-refractivity contribution in [3.05, 3.63) is 52.5 Å². The van der Waals surface area contributed by atoms with Crippen molar-refractivity contribution in [1.82, 2.24) is 15.3 Å². The van der Waals surface area contributed by atoms with E-state index in [0.717, 1.165) is 36.7 Å². The summed E-state index contributed by atoms with van der Waals surface area (Å²) in [6.07, 6.45) is 7.93. The van der Waals surface area contributed by atoms with Crippen LogP contribution in [0.4, 0.5) is 17.2 Å². The Balaban J connectivity index is 1.45. The Labute approximate surface area is 174 Å². The van der Waals surface area contributed by atoms with Crippen LogP contribution in [0.2, 0.25) is 0 Å². The Morgan fingerprint density at radius 2 is 2.13 bits per heavy atom. The fraction of sp³-hybridized carbons (Fsp3) is 0.476. The van der Waals surface area contributed by atoms with Crippen molar-refractivity contribution in [1.29, 1.82) is 0 Å². The Morgan fingerprint density at radius 1 is 1.27 bits per heavy atom. The maximum Gasteiger partial charge on any atom is 0.269 e. The highest BCUT2D eigenvalue weighted by Crippen LogP contribution is 2.38. The normalized spacial score (nSPS) is 22.8. The Bertz CT molecular complexity index is 964. The van der Waals surface area contributed by atoms with Gasteiger partial charge in [0.05, 0.1) is 23.1 Å². The molecule has 1 saturated heterocycles. The smallest absolute Gasteiger partial charge is 0.269 e. The summed E-state index contributed by atoms with van der Waals surface area (Å²) in [5.41, 5.74) is 1.94. The van der Waals surface area contributed by atoms with Gasteiger partial charge in [0.1, 0.15) is 5.82 Å². The minimum absolute atomic E-state index is 0.0195. The summed E-state index contributed by atoms with van der Waals surface area (Å²) in [5.74, 6) is 1.18. The van der Waals surface area contributed by atoms with Crippen molar-refractivity contribution in [2.75, 3.05) is 36.0 Å². The van der Waals surface area contributed by atoms with E-state index in [0.29, 0.717) is 18.9 Å². The Hall–Kier alpha value is -3.23. The maximum atomic E-state index is 13.1. The molecular formula is C21H24N6O3. The first-order valence-electron chi connectivity index (χ1n) is 10.4. The molecule has 0 spiro atoms. The van der Waals surface area contributed by atoms with Crippen LogP contribution in [-0.4, -0.2) is 53.0 Å². The molecule has 1 aromatic carbocycles. The van der Waals surface area contributed by atoms with E-state index in [1.165, 1.54) is 12.8 Å². The Morgan fingerprint density at radius 3 is 2.87 bits per heavy atom. The topological polar surface area (TPSA) is 104 Å². The van der Waals surface area contributed by atoms with Gasteiger partial charge in [0.25, 0.3) is 5.69 Å². The van der Waals surface area contributed by atoms with Crippen LogP contribution in [0.15, 0.2) is 36.8 Å². The van der Waals surface area contributed by atoms with Gasteiger partial charge in [-0.15, -0.1) is 0 Å². The second-order valence-electron chi connectivity index (χ2n) is 8.34. The van der Waals surface area contributed by atoms with Crippen LogP contribution in [0.5, 0.6) is 0 Å². The highest BCUT2D eigenvalue weighted by molar-refractivity contribution is 5.82. The number of piperazine rings is 1. The maximum absolute atomic E-state index is 13.1. The summed E-state index contributed by atoms with van der Waals surface area (Å²) in [6.45, 7) is 2.86. The molecule has 3 aliphatic rings. The number of nitrogens with one attached hydrogen (secondary N) is 1. The lowest BCUT2D eigenvalue weighted by molar-refractivity contribution is -0.384. The number of nitro benzene ring substituents is 1. The molecular weight excluding hydrogens is 384 g/mol. The minimum Gasteiger partial charge on any atom is -0.364 e. The number of nitro groups is 1. The lowest BCUT2D eigenvalue weighted by Crippen LogP contribution is -2.61. The molecule has 1 saturated carbocycles. The summed E-state index contributed by atoms with van der Waals surface area (Å²) in [7, 11) is 0. The van der Waals surface area contributed by atoms with Gasteiger partial charge in [-0.05, 0) is 36.8 Å². The number of amides is 1. The number of benzene rings is 1. The minimum atomic E-state index is -0.374. The largest absolute Gasteiger partial charge is 0.364 e. The van der Waals surface area contributed by atoms with Crippen molar-refractivity contribution < 1.29 is 9.72 Å². The number of anilines is 2. The summed E-state index contributed by atoms with van der Waals surface area (Å²) in [6, 6.07) is 4.99. The summed E-state index contributed by atoms with van der Waals surface area (Å²) < 4.78 is 0. The molecule has 9 heteroatoms. The van der Waals surface area contributed by atoms with Gasteiger partial charge in [0.15, 0.2) is 0 Å². The number of carbonyl (C=O) groups is 1. The molecule has 2 atom stereocenters. The van der Waals surface area contributed by atoms with Crippen molar-refractivity contribution in [2.24, 2.45) is 11.8 Å². The van der Waals surface area contributed by atoms with Gasteiger partial charge in [-0.1, -0.05) is 0 Å². The van der Waals surface area contributed by atoms with Gasteiger partial charge in [-0.25, -0.2) is 4.98 Å². The fourth-order valence-corrected chi connectivity index (χ4v) is 4.58. The third-order valence-electron chi connectivity index (χ3n) is 6.38. The predicted molar refractivity (Wildman–Crippen MR) is 111 cm³/mol. The Kier molecular flexibility index (Phi) is 4.72. The number of hydrogen-bond donors (Lipinski definition) is 1. The summed E-state index contributed by atoms with van der Waals surface area (Å²) in [5, 5.41) is 14.4. The van der Waals surface area contributed by atoms with Crippen molar-refractivity contribution in [3.63, 3.8) is 0 Å². The number of rotatable bonds is 5. The van der Waals surface area contributed by atoms with Gasteiger partial charge in [0.2, 0.25) is 5.91 Å². The van der Waals surface area contributed by atoms with Crippen LogP contribution in [0, 0.1) is 22.0 Å². The molecule has 0 radical (unpaired) electrons. The van der Waals surface area contributed by atoms with E-state index in [4.69, 9.17) is 0 Å². The first-order chi connectivity index (χ1) is 14.6. The standard InChI is InChI=1S/C21H24N6O3/c28-21(24-11-14-1-2-14)17-10-15-9-16(27(29)30)3-4-18(15)26-8-7-25(13-19(17)26)20-12-22-5-6-23-20/h3-6,9,12,14,17,19H,1-2,7-8,10-11,13H2,(H,24,28)/t17-,19+/m1/s1. The molecule has 1 aliphatic carbocycles. The van der Waals surface area contributed by atoms with Gasteiger partial charge in [-0.3, -0.25) is 19.9 Å². The van der Waals surface area contributed by atoms with Gasteiger partial charge >= 0.3 is 0 Å². The van der Waals surface area contributed by atoms with Crippen LogP contribution in [0.3, 0.4) is 0 Å². The number of nitrogens with zero attached hydrogens (tertiary/aromatic N) is 5. The van der Waals surface area contributed by atoms with E-state index in [-0.39, 0.29) is 28.5 Å². The highest BCUT2D eigenvalue weighted by Gasteiger charge is 2.42. The molecule has 1 N–H and O–H groups in total. The zero-order valence-corrected chi connectivity index (χ0v) is 16.6. The zero-order chi connectivity index (χ0) is 20.7. The first-order valence-corrected chi connectivity index (χ1v) is 10.4. The lowest BCUT2D eigenvalue weighted by Gasteiger charge is -2.49. The molecule has 0 unspecified atom stereocenters. The summed E-state index contributed by atoms with van der Waals surface area (Å²) in [4.78, 5) is 37.0. The molecule has 1 aromatic heterocycles. The number of carbonyl (C=O) groups excluding carboxylic acids is 1. The van der Waals surface area contributed by atoms with Crippen LogP contribution >= 0.6 is 0 Å². The third kappa shape index (κ3) is 3.55. The summed E-state index contributed by atoms with van der Waals surface area (Å²) >= 11 is 0. The van der Waals surface area contributed by atoms with E-state index >= 15 is 0 Å². The van der Waals surface area contributed by atoms with Crippen molar-refractivity contribution >= 4 is 23.1 Å². The van der Waals surface area contributed by atoms with E-state index in [1.807, 2.05) is 6.07 Å². The monoisotopic (exact) mass is 408 g/mol. The number of hydrogen-bond acceptors (Lipinski definition) is 7. The van der Waals surface area contributed by atoms with Gasteiger partial charge < -0.3 is 15.1 Å². The van der Waals surface area contributed by atoms with Crippen LogP contribution in [-0.2, 0) is 11.2 Å². The van der Waals surface area contributed by atoms with Crippen molar-refractivity contribution in [3.8, 4) is 0 Å². The van der Waals surface area contributed by atoms with Crippen molar-refractivity contribution in [2.45, 2.75) is 25.3 Å². The van der Waals surface area contributed by atoms with E-state index in [2.05, 4.69) is 25.1 Å². The fourth-order valence-electron chi connectivity index (χ4n) is 4.58. The quantitative estimate of drug-likeness (QED) is 0.594. The average Bonchev–Trinajstić information content (AvgIpc) is 3.61. The second-order valence-corrected chi connectivity index (χ2v) is 8.34. The van der Waals surface area contributed by atoms with Gasteiger partial charge in [0, 0.05) is 56.4 Å². The molecule has 2 aliphatic heterocycles. The zero-order valence-electron chi connectivity index (χ0n) is 16.6. The van der Waals surface area contributed by atoms with E-state index in [1.54, 1.807) is 30.7 Å². The molecule has 9 nitrogen and oxygen atoms in total. The van der Waals surface area contributed by atoms with Crippen LogP contribution < -0.4 is 15.1 Å². The van der Waals surface area contributed by atoms with Crippen LogP contribution in [0.1, 0.15) is 18.4 Å². The molecule has 0 bridgehead atoms.